The first kappa shape index (κ1) is 13.7. The Hall–Kier alpha value is -2.30. The van der Waals surface area contributed by atoms with Crippen molar-refractivity contribution in [1.29, 1.82) is 0 Å². The molecule has 1 aromatic carbocycles. The Bertz CT molecular complexity index is 663. The van der Waals surface area contributed by atoms with Crippen molar-refractivity contribution in [2.24, 2.45) is 0 Å². The first-order valence-electron chi connectivity index (χ1n) is 7.11. The number of aromatic nitrogens is 2. The number of fused-ring (bicyclic) bond motifs is 1. The van der Waals surface area contributed by atoms with Gasteiger partial charge in [0.05, 0.1) is 37.3 Å². The minimum absolute atomic E-state index is 0.0735. The number of rotatable bonds is 4. The van der Waals surface area contributed by atoms with Crippen LogP contribution in [0.15, 0.2) is 30.7 Å². The summed E-state index contributed by atoms with van der Waals surface area (Å²) in [5, 5.41) is 0. The molecule has 5 heteroatoms. The molecule has 1 aromatic heterocycles. The number of hydrogen-bond donors (Lipinski definition) is 0. The third kappa shape index (κ3) is 2.51. The second kappa shape index (κ2) is 5.60. The third-order valence-corrected chi connectivity index (χ3v) is 3.67. The van der Waals surface area contributed by atoms with E-state index in [4.69, 9.17) is 9.47 Å². The Morgan fingerprint density at radius 1 is 1.48 bits per heavy atom. The summed E-state index contributed by atoms with van der Waals surface area (Å²) in [6.45, 7) is 2.98. The second-order valence-corrected chi connectivity index (χ2v) is 5.11. The molecule has 1 aliphatic rings. The lowest BCUT2D eigenvalue weighted by atomic mass is 9.99. The van der Waals surface area contributed by atoms with E-state index < -0.39 is 0 Å². The van der Waals surface area contributed by atoms with Crippen LogP contribution in [0.3, 0.4) is 0 Å². The molecule has 2 heterocycles. The summed E-state index contributed by atoms with van der Waals surface area (Å²) in [6, 6.07) is 5.33. The normalized spacial score (nSPS) is 17.2. The number of ether oxygens (including phenoxy) is 2. The van der Waals surface area contributed by atoms with E-state index in [1.165, 1.54) is 0 Å². The van der Waals surface area contributed by atoms with Gasteiger partial charge in [-0.25, -0.2) is 4.98 Å². The van der Waals surface area contributed by atoms with Gasteiger partial charge in [-0.2, -0.15) is 0 Å². The van der Waals surface area contributed by atoms with Gasteiger partial charge in [-0.3, -0.25) is 4.79 Å². The maximum Gasteiger partial charge on any atom is 0.170 e. The SMILES string of the molecule is CCCn1cncc1C1CC(=O)c2cc(OC)ccc2O1. The van der Waals surface area contributed by atoms with Gasteiger partial charge in [-0.1, -0.05) is 6.92 Å². The highest BCUT2D eigenvalue weighted by atomic mass is 16.5. The zero-order chi connectivity index (χ0) is 14.8. The zero-order valence-corrected chi connectivity index (χ0v) is 12.2. The third-order valence-electron chi connectivity index (χ3n) is 3.67. The molecule has 0 spiro atoms. The van der Waals surface area contributed by atoms with Crippen molar-refractivity contribution >= 4 is 5.78 Å². The van der Waals surface area contributed by atoms with Crippen LogP contribution in [0.25, 0.3) is 0 Å². The Morgan fingerprint density at radius 3 is 3.10 bits per heavy atom. The average molecular weight is 286 g/mol. The van der Waals surface area contributed by atoms with E-state index >= 15 is 0 Å². The highest BCUT2D eigenvalue weighted by molar-refractivity contribution is 6.00. The maximum absolute atomic E-state index is 12.4. The number of carbonyl (C=O) groups is 1. The van der Waals surface area contributed by atoms with E-state index in [1.807, 2.05) is 4.57 Å². The molecule has 0 radical (unpaired) electrons. The number of imidazole rings is 1. The van der Waals surface area contributed by atoms with Crippen molar-refractivity contribution in [2.75, 3.05) is 7.11 Å². The highest BCUT2D eigenvalue weighted by Gasteiger charge is 2.29. The standard InChI is InChI=1S/C16H18N2O3/c1-3-6-18-10-17-9-13(18)16-8-14(19)12-7-11(20-2)4-5-15(12)21-16/h4-5,7,9-10,16H,3,6,8H2,1-2H3. The Balaban J connectivity index is 1.91. The van der Waals surface area contributed by atoms with Crippen molar-refractivity contribution in [3.63, 3.8) is 0 Å². The van der Waals surface area contributed by atoms with E-state index in [0.717, 1.165) is 18.7 Å². The van der Waals surface area contributed by atoms with Crippen LogP contribution in [0.5, 0.6) is 11.5 Å². The summed E-state index contributed by atoms with van der Waals surface area (Å²) < 4.78 is 13.2. The molecular weight excluding hydrogens is 268 g/mol. The molecule has 0 saturated carbocycles. The van der Waals surface area contributed by atoms with E-state index in [1.54, 1.807) is 37.8 Å². The lowest BCUT2D eigenvalue weighted by Crippen LogP contribution is -2.22. The fraction of sp³-hybridized carbons (Fsp3) is 0.375. The molecule has 5 nitrogen and oxygen atoms in total. The number of Topliss-reactive ketones (excluding diaryl/α,β-unsaturated/α-hetero) is 1. The van der Waals surface area contributed by atoms with Crippen LogP contribution in [0, 0.1) is 0 Å². The Labute approximate surface area is 123 Å². The molecule has 21 heavy (non-hydrogen) atoms. The highest BCUT2D eigenvalue weighted by Crippen LogP contribution is 2.36. The van der Waals surface area contributed by atoms with Gasteiger partial charge in [0.1, 0.15) is 17.6 Å². The molecular formula is C16H18N2O3. The maximum atomic E-state index is 12.4. The molecule has 1 atom stereocenters. The van der Waals surface area contributed by atoms with E-state index in [9.17, 15) is 4.79 Å². The van der Waals surface area contributed by atoms with E-state index in [2.05, 4.69) is 11.9 Å². The van der Waals surface area contributed by atoms with Crippen molar-refractivity contribution < 1.29 is 14.3 Å². The largest absolute Gasteiger partial charge is 0.497 e. The molecule has 1 unspecified atom stereocenters. The number of nitrogens with zero attached hydrogens (tertiary/aromatic N) is 2. The fourth-order valence-corrected chi connectivity index (χ4v) is 2.62. The van der Waals surface area contributed by atoms with Crippen LogP contribution in [-0.2, 0) is 6.54 Å². The monoisotopic (exact) mass is 286 g/mol. The predicted octanol–water partition coefficient (Wildman–Crippen LogP) is 3.01. The molecule has 1 aliphatic heterocycles. The fourth-order valence-electron chi connectivity index (χ4n) is 2.62. The quantitative estimate of drug-likeness (QED) is 0.867. The smallest absolute Gasteiger partial charge is 0.170 e. The van der Waals surface area contributed by atoms with Gasteiger partial charge in [-0.05, 0) is 24.6 Å². The van der Waals surface area contributed by atoms with Crippen LogP contribution in [0.1, 0.15) is 41.9 Å². The van der Waals surface area contributed by atoms with Gasteiger partial charge >= 0.3 is 0 Å². The first-order chi connectivity index (χ1) is 10.2. The van der Waals surface area contributed by atoms with Crippen LogP contribution < -0.4 is 9.47 Å². The summed E-state index contributed by atoms with van der Waals surface area (Å²) in [4.78, 5) is 16.5. The van der Waals surface area contributed by atoms with Gasteiger partial charge in [0.15, 0.2) is 5.78 Å². The number of methoxy groups -OCH3 is 1. The number of benzene rings is 1. The number of hydrogen-bond acceptors (Lipinski definition) is 4. The van der Waals surface area contributed by atoms with Crippen LogP contribution in [-0.4, -0.2) is 22.4 Å². The molecule has 0 amide bonds. The molecule has 110 valence electrons. The van der Waals surface area contributed by atoms with Crippen molar-refractivity contribution in [2.45, 2.75) is 32.4 Å². The van der Waals surface area contributed by atoms with Crippen molar-refractivity contribution in [3.05, 3.63) is 42.0 Å². The van der Waals surface area contributed by atoms with Crippen molar-refractivity contribution in [3.8, 4) is 11.5 Å². The molecule has 0 saturated heterocycles. The van der Waals surface area contributed by atoms with E-state index in [0.29, 0.717) is 23.5 Å². The zero-order valence-electron chi connectivity index (χ0n) is 12.2. The van der Waals surface area contributed by atoms with Gasteiger partial charge in [0.2, 0.25) is 0 Å². The molecule has 0 fully saturated rings. The molecule has 0 aliphatic carbocycles. The first-order valence-corrected chi connectivity index (χ1v) is 7.11. The average Bonchev–Trinajstić information content (AvgIpc) is 2.95. The number of carbonyl (C=O) groups excluding carboxylic acids is 1. The summed E-state index contributed by atoms with van der Waals surface area (Å²) in [6.07, 6.45) is 4.64. The molecule has 0 bridgehead atoms. The molecule has 0 N–H and O–H groups in total. The predicted molar refractivity (Wildman–Crippen MR) is 77.8 cm³/mol. The molecule has 2 aromatic rings. The lowest BCUT2D eigenvalue weighted by Gasteiger charge is -2.26. The van der Waals surface area contributed by atoms with Crippen LogP contribution in [0.2, 0.25) is 0 Å². The van der Waals surface area contributed by atoms with E-state index in [-0.39, 0.29) is 11.9 Å². The van der Waals surface area contributed by atoms with Crippen molar-refractivity contribution in [1.82, 2.24) is 9.55 Å². The van der Waals surface area contributed by atoms with Gasteiger partial charge in [0.25, 0.3) is 0 Å². The summed E-state index contributed by atoms with van der Waals surface area (Å²) in [5.74, 6) is 1.35. The molecule has 3 rings (SSSR count). The number of aryl methyl sites for hydroxylation is 1. The van der Waals surface area contributed by atoms with Crippen LogP contribution >= 0.6 is 0 Å². The summed E-state index contributed by atoms with van der Waals surface area (Å²) in [5.41, 5.74) is 1.54. The Morgan fingerprint density at radius 2 is 2.33 bits per heavy atom. The second-order valence-electron chi connectivity index (χ2n) is 5.11. The van der Waals surface area contributed by atoms with Gasteiger partial charge in [-0.15, -0.1) is 0 Å². The lowest BCUT2D eigenvalue weighted by molar-refractivity contribution is 0.0839. The van der Waals surface area contributed by atoms with Gasteiger partial charge < -0.3 is 14.0 Å². The Kier molecular flexibility index (Phi) is 3.64. The summed E-state index contributed by atoms with van der Waals surface area (Å²) in [7, 11) is 1.59. The minimum atomic E-state index is -0.271. The minimum Gasteiger partial charge on any atom is -0.497 e. The summed E-state index contributed by atoms with van der Waals surface area (Å²) >= 11 is 0. The topological polar surface area (TPSA) is 53.4 Å². The number of ketones is 1. The van der Waals surface area contributed by atoms with Gasteiger partial charge in [0, 0.05) is 6.54 Å². The van der Waals surface area contributed by atoms with Crippen LogP contribution in [0.4, 0.5) is 0 Å².